The summed E-state index contributed by atoms with van der Waals surface area (Å²) in [6, 6.07) is 5.89. The third-order valence-electron chi connectivity index (χ3n) is 4.92. The molecule has 1 aromatic carbocycles. The first-order valence-electron chi connectivity index (χ1n) is 8.40. The molecule has 8 nitrogen and oxygen atoms in total. The van der Waals surface area contributed by atoms with Gasteiger partial charge < -0.3 is 10.7 Å². The fraction of sp³-hybridized carbons (Fsp3) is 0.294. The summed E-state index contributed by atoms with van der Waals surface area (Å²) in [5.41, 5.74) is 1.37. The molecule has 0 aliphatic carbocycles. The number of likely N-dealkylation sites (N-methyl/N-ethyl adjacent to an activating group) is 1. The molecule has 4 rings (SSSR count). The summed E-state index contributed by atoms with van der Waals surface area (Å²) in [6.07, 6.45) is 0.853. The summed E-state index contributed by atoms with van der Waals surface area (Å²) in [5, 5.41) is 11.4. The van der Waals surface area contributed by atoms with Crippen LogP contribution in [-0.2, 0) is 13.0 Å². The number of benzene rings is 1. The van der Waals surface area contributed by atoms with E-state index in [4.69, 9.17) is 5.84 Å². The molecule has 1 aliphatic rings. The summed E-state index contributed by atoms with van der Waals surface area (Å²) in [6.45, 7) is 5.12. The first-order chi connectivity index (χ1) is 12.5. The lowest BCUT2D eigenvalue weighted by atomic mass is 10.1. The third-order valence-corrected chi connectivity index (χ3v) is 6.04. The molecule has 2 aromatic heterocycles. The summed E-state index contributed by atoms with van der Waals surface area (Å²) in [5.74, 6) is 6.35. The van der Waals surface area contributed by atoms with Crippen LogP contribution in [0.4, 0.5) is 5.69 Å². The average Bonchev–Trinajstić information content (AvgIpc) is 3.02. The summed E-state index contributed by atoms with van der Waals surface area (Å²) in [4.78, 5) is 31.2. The van der Waals surface area contributed by atoms with Crippen LogP contribution in [0.5, 0.6) is 0 Å². The van der Waals surface area contributed by atoms with Crippen LogP contribution in [0, 0.1) is 10.1 Å². The fourth-order valence-electron chi connectivity index (χ4n) is 3.43. The molecule has 1 atom stereocenters. The van der Waals surface area contributed by atoms with Crippen LogP contribution in [-0.4, -0.2) is 27.7 Å². The lowest BCUT2D eigenvalue weighted by Crippen LogP contribution is -3.11. The van der Waals surface area contributed by atoms with Gasteiger partial charge in [0.05, 0.1) is 28.3 Å². The van der Waals surface area contributed by atoms with E-state index in [2.05, 4.69) is 11.9 Å². The highest BCUT2D eigenvalue weighted by molar-refractivity contribution is 7.18. The van der Waals surface area contributed by atoms with Crippen LogP contribution in [0.25, 0.3) is 21.6 Å². The smallest absolute Gasteiger partial charge is 0.281 e. The number of nitrogen functional groups attached to an aromatic ring is 1. The van der Waals surface area contributed by atoms with E-state index in [0.29, 0.717) is 21.6 Å². The van der Waals surface area contributed by atoms with Crippen molar-refractivity contribution in [1.82, 2.24) is 9.66 Å². The van der Waals surface area contributed by atoms with Gasteiger partial charge >= 0.3 is 0 Å². The Balaban J connectivity index is 1.86. The molecule has 0 amide bonds. The zero-order valence-electron chi connectivity index (χ0n) is 14.2. The molecule has 1 aliphatic heterocycles. The lowest BCUT2D eigenvalue weighted by Gasteiger charge is -2.22. The molecule has 3 heterocycles. The van der Waals surface area contributed by atoms with Crippen molar-refractivity contribution in [3.8, 4) is 11.4 Å². The lowest BCUT2D eigenvalue weighted by molar-refractivity contribution is -0.913. The van der Waals surface area contributed by atoms with Crippen molar-refractivity contribution in [3.05, 3.63) is 55.2 Å². The van der Waals surface area contributed by atoms with Gasteiger partial charge in [-0.1, -0.05) is 0 Å². The van der Waals surface area contributed by atoms with Crippen LogP contribution in [0.3, 0.4) is 0 Å². The Hall–Kier alpha value is -2.78. The summed E-state index contributed by atoms with van der Waals surface area (Å²) < 4.78 is 1.05. The number of hydrogen-bond donors (Lipinski definition) is 2. The predicted molar refractivity (Wildman–Crippen MR) is 99.9 cm³/mol. The molecular formula is C17H18N5O3S+. The van der Waals surface area contributed by atoms with Gasteiger partial charge in [-0.3, -0.25) is 14.9 Å². The van der Waals surface area contributed by atoms with Gasteiger partial charge in [-0.2, -0.15) is 0 Å². The van der Waals surface area contributed by atoms with Gasteiger partial charge in [-0.25, -0.2) is 9.66 Å². The molecule has 0 saturated heterocycles. The second kappa shape index (κ2) is 6.19. The van der Waals surface area contributed by atoms with E-state index in [0.717, 1.165) is 36.3 Å². The fourth-order valence-corrected chi connectivity index (χ4v) is 4.71. The van der Waals surface area contributed by atoms with Crippen molar-refractivity contribution in [2.24, 2.45) is 0 Å². The highest BCUT2D eigenvalue weighted by Gasteiger charge is 2.26. The van der Waals surface area contributed by atoms with Crippen molar-refractivity contribution in [2.75, 3.05) is 18.9 Å². The number of nitrogens with zero attached hydrogens (tertiary/aromatic N) is 3. The zero-order valence-corrected chi connectivity index (χ0v) is 15.0. The minimum absolute atomic E-state index is 0.0185. The molecule has 134 valence electrons. The molecule has 0 fully saturated rings. The Morgan fingerprint density at radius 1 is 1.38 bits per heavy atom. The maximum atomic E-state index is 12.9. The number of nitro groups is 1. The van der Waals surface area contributed by atoms with Gasteiger partial charge in [0, 0.05) is 24.1 Å². The molecule has 0 radical (unpaired) electrons. The van der Waals surface area contributed by atoms with E-state index in [1.807, 2.05) is 0 Å². The van der Waals surface area contributed by atoms with Gasteiger partial charge in [0.25, 0.3) is 11.2 Å². The number of rotatable bonds is 3. The van der Waals surface area contributed by atoms with E-state index in [-0.39, 0.29) is 11.2 Å². The number of non-ortho nitro benzene ring substituents is 1. The third kappa shape index (κ3) is 2.56. The van der Waals surface area contributed by atoms with Gasteiger partial charge in [-0.05, 0) is 24.6 Å². The standard InChI is InChI=1S/C17H17N5O3S/c1-2-20-8-7-12-13(9-20)26-16-14(12)17(23)21(18)15(19-16)10-3-5-11(6-4-10)22(24)25/h3-6H,2,7-9,18H2,1H3/p+1. The van der Waals surface area contributed by atoms with Gasteiger partial charge in [0.15, 0.2) is 5.82 Å². The number of nitro benzene ring substituents is 1. The van der Waals surface area contributed by atoms with Gasteiger partial charge in [0.2, 0.25) is 0 Å². The minimum atomic E-state index is -0.467. The Morgan fingerprint density at radius 2 is 2.12 bits per heavy atom. The maximum Gasteiger partial charge on any atom is 0.281 e. The normalized spacial score (nSPS) is 16.6. The topological polar surface area (TPSA) is 108 Å². The summed E-state index contributed by atoms with van der Waals surface area (Å²) >= 11 is 1.55. The Labute approximate surface area is 152 Å². The van der Waals surface area contributed by atoms with Crippen molar-refractivity contribution in [3.63, 3.8) is 0 Å². The molecule has 3 aromatic rings. The minimum Gasteiger partial charge on any atom is -0.334 e. The first-order valence-corrected chi connectivity index (χ1v) is 9.22. The Morgan fingerprint density at radius 3 is 2.77 bits per heavy atom. The zero-order chi connectivity index (χ0) is 18.4. The number of nitrogens with two attached hydrogens (primary N) is 1. The van der Waals surface area contributed by atoms with E-state index in [1.54, 1.807) is 23.5 Å². The SMILES string of the molecule is CC[NH+]1CCc2c(sc3nc(-c4ccc([N+](=O)[O-])cc4)n(N)c(=O)c23)C1. The molecule has 9 heteroatoms. The number of aromatic nitrogens is 2. The molecule has 3 N–H and O–H groups in total. The van der Waals surface area contributed by atoms with Crippen LogP contribution in [0.2, 0.25) is 0 Å². The second-order valence-electron chi connectivity index (χ2n) is 6.38. The second-order valence-corrected chi connectivity index (χ2v) is 7.46. The highest BCUT2D eigenvalue weighted by Crippen LogP contribution is 2.30. The van der Waals surface area contributed by atoms with Crippen molar-refractivity contribution in [2.45, 2.75) is 19.9 Å². The van der Waals surface area contributed by atoms with Crippen molar-refractivity contribution >= 4 is 27.2 Å². The van der Waals surface area contributed by atoms with Gasteiger partial charge in [-0.15, -0.1) is 11.3 Å². The number of thiophene rings is 1. The van der Waals surface area contributed by atoms with Crippen molar-refractivity contribution in [1.29, 1.82) is 0 Å². The highest BCUT2D eigenvalue weighted by atomic mass is 32.1. The average molecular weight is 372 g/mol. The summed E-state index contributed by atoms with van der Waals surface area (Å²) in [7, 11) is 0. The van der Waals surface area contributed by atoms with Crippen LogP contribution in [0.1, 0.15) is 17.4 Å². The molecule has 0 bridgehead atoms. The molecular weight excluding hydrogens is 354 g/mol. The Bertz CT molecular complexity index is 1070. The quantitative estimate of drug-likeness (QED) is 0.400. The largest absolute Gasteiger partial charge is 0.334 e. The van der Waals surface area contributed by atoms with E-state index < -0.39 is 4.92 Å². The number of quaternary nitrogens is 1. The van der Waals surface area contributed by atoms with Crippen LogP contribution >= 0.6 is 11.3 Å². The van der Waals surface area contributed by atoms with E-state index >= 15 is 0 Å². The Kier molecular flexibility index (Phi) is 3.97. The van der Waals surface area contributed by atoms with E-state index in [1.165, 1.54) is 21.9 Å². The molecule has 0 saturated carbocycles. The van der Waals surface area contributed by atoms with Crippen LogP contribution in [0.15, 0.2) is 29.1 Å². The first kappa shape index (κ1) is 16.7. The maximum absolute atomic E-state index is 12.9. The molecule has 1 unspecified atom stereocenters. The monoisotopic (exact) mass is 372 g/mol. The number of fused-ring (bicyclic) bond motifs is 3. The number of nitrogens with one attached hydrogen (secondary N) is 1. The predicted octanol–water partition coefficient (Wildman–Crippen LogP) is 0.708. The molecule has 26 heavy (non-hydrogen) atoms. The number of hydrogen-bond acceptors (Lipinski definition) is 6. The van der Waals surface area contributed by atoms with Gasteiger partial charge in [0.1, 0.15) is 11.4 Å². The van der Waals surface area contributed by atoms with Crippen molar-refractivity contribution < 1.29 is 9.82 Å². The van der Waals surface area contributed by atoms with E-state index in [9.17, 15) is 14.9 Å². The molecule has 0 spiro atoms. The van der Waals surface area contributed by atoms with Crippen LogP contribution < -0.4 is 16.3 Å².